The van der Waals surface area contributed by atoms with Gasteiger partial charge in [0.1, 0.15) is 17.3 Å². The number of quaternary nitrogens is 1. The third kappa shape index (κ3) is 3.50. The quantitative estimate of drug-likeness (QED) is 0.701. The highest BCUT2D eigenvalue weighted by Crippen LogP contribution is 2.21. The molecule has 0 saturated carbocycles. The van der Waals surface area contributed by atoms with Crippen LogP contribution >= 0.6 is 22.9 Å². The summed E-state index contributed by atoms with van der Waals surface area (Å²) in [6.07, 6.45) is 0. The van der Waals surface area contributed by atoms with Gasteiger partial charge in [0, 0.05) is 10.6 Å². The van der Waals surface area contributed by atoms with Crippen LogP contribution in [0.4, 0.5) is 0 Å². The summed E-state index contributed by atoms with van der Waals surface area (Å²) in [5, 5.41) is 11.2. The van der Waals surface area contributed by atoms with Crippen LogP contribution in [0.25, 0.3) is 5.00 Å². The van der Waals surface area contributed by atoms with Gasteiger partial charge < -0.3 is 9.64 Å². The molecule has 1 aromatic carbocycles. The summed E-state index contributed by atoms with van der Waals surface area (Å²) in [7, 11) is 3.59. The summed E-state index contributed by atoms with van der Waals surface area (Å²) >= 11 is 7.50. The van der Waals surface area contributed by atoms with E-state index >= 15 is 0 Å². The van der Waals surface area contributed by atoms with E-state index in [0.29, 0.717) is 18.2 Å². The lowest BCUT2D eigenvalue weighted by Gasteiger charge is -2.15. The SMILES string of the molecule is COc1ccc(Cl)cc1C[NH+](C)Cn1nnn(-c2cccs2)c1=O. The molecule has 3 rings (SSSR count). The maximum absolute atomic E-state index is 12.4. The van der Waals surface area contributed by atoms with Crippen LogP contribution in [-0.4, -0.2) is 33.9 Å². The minimum Gasteiger partial charge on any atom is -0.496 e. The van der Waals surface area contributed by atoms with Crippen molar-refractivity contribution >= 4 is 22.9 Å². The van der Waals surface area contributed by atoms with Crippen LogP contribution in [-0.2, 0) is 13.2 Å². The van der Waals surface area contributed by atoms with Crippen LogP contribution in [0.2, 0.25) is 5.02 Å². The Morgan fingerprint density at radius 3 is 2.88 bits per heavy atom. The molecule has 0 aliphatic heterocycles. The van der Waals surface area contributed by atoms with Crippen molar-refractivity contribution in [1.29, 1.82) is 0 Å². The zero-order chi connectivity index (χ0) is 17.1. The number of tetrazole rings is 1. The van der Waals surface area contributed by atoms with Crippen LogP contribution in [0, 0.1) is 0 Å². The molecule has 0 aliphatic rings. The highest BCUT2D eigenvalue weighted by Gasteiger charge is 2.15. The van der Waals surface area contributed by atoms with Crippen molar-refractivity contribution in [3.05, 3.63) is 56.8 Å². The molecule has 0 radical (unpaired) electrons. The van der Waals surface area contributed by atoms with Crippen LogP contribution in [0.3, 0.4) is 0 Å². The Balaban J connectivity index is 1.75. The van der Waals surface area contributed by atoms with Crippen molar-refractivity contribution in [3.63, 3.8) is 0 Å². The van der Waals surface area contributed by atoms with Crippen molar-refractivity contribution in [2.45, 2.75) is 13.2 Å². The number of nitrogens with zero attached hydrogens (tertiary/aromatic N) is 4. The Morgan fingerprint density at radius 2 is 2.17 bits per heavy atom. The van der Waals surface area contributed by atoms with Gasteiger partial charge in [0.05, 0.1) is 14.2 Å². The summed E-state index contributed by atoms with van der Waals surface area (Å²) < 4.78 is 8.01. The number of benzene rings is 1. The number of aromatic nitrogens is 4. The average Bonchev–Trinajstić information content (AvgIpc) is 3.18. The van der Waals surface area contributed by atoms with E-state index in [1.807, 2.05) is 36.7 Å². The fraction of sp³-hybridized carbons (Fsp3) is 0.267. The zero-order valence-corrected chi connectivity index (χ0v) is 14.8. The lowest BCUT2D eigenvalue weighted by Crippen LogP contribution is -3.07. The van der Waals surface area contributed by atoms with E-state index in [1.165, 1.54) is 20.7 Å². The summed E-state index contributed by atoms with van der Waals surface area (Å²) in [5.74, 6) is 0.772. The van der Waals surface area contributed by atoms with E-state index in [-0.39, 0.29) is 5.69 Å². The monoisotopic (exact) mass is 366 g/mol. The van der Waals surface area contributed by atoms with Crippen LogP contribution in [0.15, 0.2) is 40.5 Å². The van der Waals surface area contributed by atoms with Crippen LogP contribution in [0.5, 0.6) is 5.75 Å². The number of halogens is 1. The van der Waals surface area contributed by atoms with Crippen molar-refractivity contribution in [1.82, 2.24) is 19.8 Å². The third-order valence-electron chi connectivity index (χ3n) is 3.51. The fourth-order valence-electron chi connectivity index (χ4n) is 2.42. The number of hydrogen-bond acceptors (Lipinski definition) is 5. The first kappa shape index (κ1) is 16.7. The van der Waals surface area contributed by atoms with Gasteiger partial charge in [0.15, 0.2) is 6.67 Å². The molecule has 9 heteroatoms. The van der Waals surface area contributed by atoms with Gasteiger partial charge in [-0.25, -0.2) is 4.79 Å². The number of rotatable bonds is 6. The minimum absolute atomic E-state index is 0.255. The predicted molar refractivity (Wildman–Crippen MR) is 92.1 cm³/mol. The average molecular weight is 367 g/mol. The lowest BCUT2D eigenvalue weighted by atomic mass is 10.2. The second-order valence-corrected chi connectivity index (χ2v) is 6.73. The molecule has 24 heavy (non-hydrogen) atoms. The Kier molecular flexibility index (Phi) is 4.98. The molecule has 1 unspecified atom stereocenters. The normalized spacial score (nSPS) is 12.3. The molecule has 1 N–H and O–H groups in total. The molecular weight excluding hydrogens is 350 g/mol. The Morgan fingerprint density at radius 1 is 1.33 bits per heavy atom. The zero-order valence-electron chi connectivity index (χ0n) is 13.3. The Bertz CT molecular complexity index is 874. The van der Waals surface area contributed by atoms with Crippen LogP contribution in [0.1, 0.15) is 5.56 Å². The first-order valence-electron chi connectivity index (χ1n) is 7.29. The second kappa shape index (κ2) is 7.16. The van der Waals surface area contributed by atoms with Gasteiger partial charge in [0.2, 0.25) is 0 Å². The summed E-state index contributed by atoms with van der Waals surface area (Å²) in [6.45, 7) is 1.03. The highest BCUT2D eigenvalue weighted by molar-refractivity contribution is 7.12. The number of thiophene rings is 1. The number of methoxy groups -OCH3 is 1. The highest BCUT2D eigenvalue weighted by atomic mass is 35.5. The topological polar surface area (TPSA) is 66.4 Å². The molecule has 0 aliphatic carbocycles. The van der Waals surface area contributed by atoms with E-state index in [0.717, 1.165) is 21.2 Å². The molecule has 2 aromatic heterocycles. The summed E-state index contributed by atoms with van der Waals surface area (Å²) in [6, 6.07) is 9.20. The van der Waals surface area contributed by atoms with Crippen LogP contribution < -0.4 is 15.3 Å². The van der Waals surface area contributed by atoms with Gasteiger partial charge >= 0.3 is 5.69 Å². The Hall–Kier alpha value is -2.16. The third-order valence-corrected chi connectivity index (χ3v) is 4.59. The van der Waals surface area contributed by atoms with Crippen molar-refractivity contribution in [2.24, 2.45) is 0 Å². The van der Waals surface area contributed by atoms with Crippen molar-refractivity contribution in [3.8, 4) is 10.8 Å². The summed E-state index contributed by atoms with van der Waals surface area (Å²) in [5.41, 5.74) is 0.719. The first-order chi connectivity index (χ1) is 11.6. The molecule has 0 spiro atoms. The standard InChI is InChI=1S/C15H16ClN5O2S/c1-19(9-11-8-12(16)5-6-13(11)23-2)10-20-15(22)21(18-17-20)14-4-3-7-24-14/h3-8H,9-10H2,1-2H3/p+1. The molecule has 0 saturated heterocycles. The fourth-order valence-corrected chi connectivity index (χ4v) is 3.29. The molecule has 3 aromatic rings. The molecule has 126 valence electrons. The number of ether oxygens (including phenoxy) is 1. The number of hydrogen-bond donors (Lipinski definition) is 1. The maximum Gasteiger partial charge on any atom is 0.374 e. The minimum atomic E-state index is -0.255. The van der Waals surface area contributed by atoms with Gasteiger partial charge in [-0.1, -0.05) is 11.6 Å². The molecule has 1 atom stereocenters. The van der Waals surface area contributed by atoms with E-state index in [9.17, 15) is 4.79 Å². The van der Waals surface area contributed by atoms with Gasteiger partial charge in [-0.15, -0.1) is 20.7 Å². The van der Waals surface area contributed by atoms with E-state index < -0.39 is 0 Å². The molecule has 0 bridgehead atoms. The smallest absolute Gasteiger partial charge is 0.374 e. The van der Waals surface area contributed by atoms with E-state index in [4.69, 9.17) is 16.3 Å². The second-order valence-electron chi connectivity index (χ2n) is 5.37. The van der Waals surface area contributed by atoms with Gasteiger partial charge in [0.25, 0.3) is 0 Å². The summed E-state index contributed by atoms with van der Waals surface area (Å²) in [4.78, 5) is 13.4. The first-order valence-corrected chi connectivity index (χ1v) is 8.54. The molecular formula is C15H17ClN5O2S+. The van der Waals surface area contributed by atoms with E-state index in [1.54, 1.807) is 13.2 Å². The van der Waals surface area contributed by atoms with Crippen molar-refractivity contribution < 1.29 is 9.64 Å². The lowest BCUT2D eigenvalue weighted by molar-refractivity contribution is -0.917. The van der Waals surface area contributed by atoms with Crippen molar-refractivity contribution in [2.75, 3.05) is 14.2 Å². The molecule has 7 nitrogen and oxygen atoms in total. The van der Waals surface area contributed by atoms with Gasteiger partial charge in [-0.3, -0.25) is 0 Å². The van der Waals surface area contributed by atoms with E-state index in [2.05, 4.69) is 10.4 Å². The number of nitrogens with one attached hydrogen (secondary N) is 1. The Labute approximate surface area is 147 Å². The van der Waals surface area contributed by atoms with Gasteiger partial charge in [-0.05, 0) is 46.1 Å². The van der Waals surface area contributed by atoms with Gasteiger partial charge in [-0.2, -0.15) is 0 Å². The molecule has 0 fully saturated rings. The molecule has 0 amide bonds. The largest absolute Gasteiger partial charge is 0.496 e. The molecule has 2 heterocycles. The predicted octanol–water partition coefficient (Wildman–Crippen LogP) is 0.825. The maximum atomic E-state index is 12.4.